The summed E-state index contributed by atoms with van der Waals surface area (Å²) in [5.74, 6) is -1.19. The summed E-state index contributed by atoms with van der Waals surface area (Å²) in [6.45, 7) is 1.30. The second-order valence-electron chi connectivity index (χ2n) is 6.24. The minimum Gasteiger partial charge on any atom is -0.260 e. The van der Waals surface area contributed by atoms with Crippen LogP contribution in [0.1, 0.15) is 16.8 Å². The Bertz CT molecular complexity index is 1090. The van der Waals surface area contributed by atoms with Gasteiger partial charge in [0.05, 0.1) is 17.1 Å². The van der Waals surface area contributed by atoms with Gasteiger partial charge in [-0.15, -0.1) is 0 Å². The first kappa shape index (κ1) is 20.6. The molecule has 8 heteroatoms. The largest absolute Gasteiger partial charge is 0.260 e. The zero-order valence-electron chi connectivity index (χ0n) is 14.9. The molecule has 28 heavy (non-hydrogen) atoms. The molecule has 3 aromatic rings. The Balaban J connectivity index is 2.05. The van der Waals surface area contributed by atoms with E-state index in [1.165, 1.54) is 24.3 Å². The normalized spacial score (nSPS) is 11.8. The van der Waals surface area contributed by atoms with E-state index < -0.39 is 21.7 Å². The Morgan fingerprint density at radius 3 is 2.50 bits per heavy atom. The van der Waals surface area contributed by atoms with Gasteiger partial charge in [-0.05, 0) is 48.9 Å². The second-order valence-corrected chi connectivity index (χ2v) is 9.06. The molecule has 0 fully saturated rings. The second kappa shape index (κ2) is 8.46. The van der Waals surface area contributed by atoms with Crippen LogP contribution in [0.5, 0.6) is 0 Å². The van der Waals surface area contributed by atoms with E-state index >= 15 is 0 Å². The highest BCUT2D eigenvalue weighted by Crippen LogP contribution is 2.26. The average Bonchev–Trinajstić information content (AvgIpc) is 2.66. The van der Waals surface area contributed by atoms with Gasteiger partial charge in [-0.2, -0.15) is 4.31 Å². The number of rotatable bonds is 6. The molecule has 0 unspecified atom stereocenters. The number of nitrogens with zero attached hydrogens (tertiary/aromatic N) is 2. The number of hydrogen-bond acceptors (Lipinski definition) is 3. The minimum absolute atomic E-state index is 0.0748. The summed E-state index contributed by atoms with van der Waals surface area (Å²) in [7, 11) is -4.10. The van der Waals surface area contributed by atoms with Gasteiger partial charge in [-0.1, -0.05) is 34.1 Å². The number of sulfonamides is 1. The minimum atomic E-state index is -4.10. The lowest BCUT2D eigenvalue weighted by Gasteiger charge is -2.23. The Hall–Kier alpha value is -2.16. The molecule has 0 aliphatic carbocycles. The van der Waals surface area contributed by atoms with Crippen molar-refractivity contribution in [1.82, 2.24) is 9.29 Å². The Morgan fingerprint density at radius 1 is 1.04 bits per heavy atom. The Kier molecular flexibility index (Phi) is 6.22. The van der Waals surface area contributed by atoms with Crippen LogP contribution in [0.4, 0.5) is 8.78 Å². The molecule has 0 saturated carbocycles. The lowest BCUT2D eigenvalue weighted by molar-refractivity contribution is 0.389. The van der Waals surface area contributed by atoms with Crippen molar-refractivity contribution in [1.29, 1.82) is 0 Å². The van der Waals surface area contributed by atoms with Crippen LogP contribution in [-0.4, -0.2) is 17.7 Å². The first-order valence-corrected chi connectivity index (χ1v) is 10.6. The molecule has 0 aliphatic heterocycles. The van der Waals surface area contributed by atoms with Crippen LogP contribution in [0.15, 0.2) is 70.2 Å². The quantitative estimate of drug-likeness (QED) is 0.523. The predicted octanol–water partition coefficient (Wildman–Crippen LogP) is 4.82. The summed E-state index contributed by atoms with van der Waals surface area (Å²) in [5, 5.41) is 0. The van der Waals surface area contributed by atoms with Crippen LogP contribution < -0.4 is 0 Å². The van der Waals surface area contributed by atoms with Gasteiger partial charge < -0.3 is 0 Å². The summed E-state index contributed by atoms with van der Waals surface area (Å²) in [4.78, 5) is 4.01. The van der Waals surface area contributed by atoms with Crippen LogP contribution in [-0.2, 0) is 23.1 Å². The predicted molar refractivity (Wildman–Crippen MR) is 106 cm³/mol. The zero-order chi connectivity index (χ0) is 20.3. The Labute approximate surface area is 171 Å². The van der Waals surface area contributed by atoms with E-state index in [2.05, 4.69) is 20.9 Å². The van der Waals surface area contributed by atoms with Gasteiger partial charge in [0.25, 0.3) is 0 Å². The average molecular weight is 467 g/mol. The van der Waals surface area contributed by atoms with Crippen molar-refractivity contribution in [3.8, 4) is 0 Å². The zero-order valence-corrected chi connectivity index (χ0v) is 17.3. The van der Waals surface area contributed by atoms with Crippen molar-refractivity contribution in [2.45, 2.75) is 24.9 Å². The van der Waals surface area contributed by atoms with E-state index in [1.54, 1.807) is 37.4 Å². The number of pyridine rings is 1. The highest BCUT2D eigenvalue weighted by atomic mass is 79.9. The lowest BCUT2D eigenvalue weighted by atomic mass is 10.2. The van der Waals surface area contributed by atoms with Crippen molar-refractivity contribution in [2.75, 3.05) is 0 Å². The molecule has 2 aromatic carbocycles. The molecule has 146 valence electrons. The highest BCUT2D eigenvalue weighted by Gasteiger charge is 2.28. The molecule has 3 rings (SSSR count). The third kappa shape index (κ3) is 4.63. The molecule has 0 aliphatic rings. The highest BCUT2D eigenvalue weighted by molar-refractivity contribution is 9.10. The number of halogens is 3. The number of hydrogen-bond donors (Lipinski definition) is 0. The summed E-state index contributed by atoms with van der Waals surface area (Å²) in [6, 6.07) is 13.1. The SMILES string of the molecule is Cc1ccc(F)cc1S(=O)(=O)N(Cc1ccccn1)Cc1ccc(Br)cc1F. The van der Waals surface area contributed by atoms with Gasteiger partial charge in [-0.3, -0.25) is 4.98 Å². The molecule has 0 bridgehead atoms. The lowest BCUT2D eigenvalue weighted by Crippen LogP contribution is -2.31. The number of aromatic nitrogens is 1. The smallest absolute Gasteiger partial charge is 0.244 e. The maximum absolute atomic E-state index is 14.4. The van der Waals surface area contributed by atoms with Gasteiger partial charge >= 0.3 is 0 Å². The third-order valence-corrected chi connectivity index (χ3v) is 6.62. The van der Waals surface area contributed by atoms with E-state index in [1.807, 2.05) is 0 Å². The van der Waals surface area contributed by atoms with Crippen LogP contribution in [0, 0.1) is 18.6 Å². The third-order valence-electron chi connectivity index (χ3n) is 4.19. The standard InChI is InChI=1S/C20H17BrF2N2O2S/c1-14-5-8-17(22)11-20(14)28(26,27)25(13-18-4-2-3-9-24-18)12-15-6-7-16(21)10-19(15)23/h2-11H,12-13H2,1H3. The van der Waals surface area contributed by atoms with E-state index in [0.717, 1.165) is 10.4 Å². The first-order valence-electron chi connectivity index (χ1n) is 8.37. The van der Waals surface area contributed by atoms with E-state index in [4.69, 9.17) is 0 Å². The van der Waals surface area contributed by atoms with Crippen molar-refractivity contribution >= 4 is 26.0 Å². The van der Waals surface area contributed by atoms with Crippen molar-refractivity contribution in [3.63, 3.8) is 0 Å². The molecule has 4 nitrogen and oxygen atoms in total. The van der Waals surface area contributed by atoms with Crippen LogP contribution in [0.2, 0.25) is 0 Å². The fourth-order valence-corrected chi connectivity index (χ4v) is 4.69. The van der Waals surface area contributed by atoms with Crippen molar-refractivity contribution < 1.29 is 17.2 Å². The fourth-order valence-electron chi connectivity index (χ4n) is 2.73. The number of aryl methyl sites for hydroxylation is 1. The van der Waals surface area contributed by atoms with Gasteiger partial charge in [0.1, 0.15) is 11.6 Å². The molecule has 0 atom stereocenters. The molecule has 0 N–H and O–H groups in total. The molecule has 0 saturated heterocycles. The molecule has 0 radical (unpaired) electrons. The topological polar surface area (TPSA) is 50.3 Å². The molecule has 0 spiro atoms. The van der Waals surface area contributed by atoms with Gasteiger partial charge in [0, 0.05) is 22.8 Å². The summed E-state index contributed by atoms with van der Waals surface area (Å²) >= 11 is 3.19. The van der Waals surface area contributed by atoms with Crippen LogP contribution >= 0.6 is 15.9 Å². The maximum Gasteiger partial charge on any atom is 0.244 e. The van der Waals surface area contributed by atoms with Crippen LogP contribution in [0.25, 0.3) is 0 Å². The van der Waals surface area contributed by atoms with Gasteiger partial charge in [-0.25, -0.2) is 17.2 Å². The summed E-state index contributed by atoms with van der Waals surface area (Å²) in [5.41, 5.74) is 1.11. The first-order chi connectivity index (χ1) is 13.3. The molecule has 0 amide bonds. The molecular formula is C20H17BrF2N2O2S. The molecule has 1 heterocycles. The maximum atomic E-state index is 14.4. The molecular weight excluding hydrogens is 450 g/mol. The van der Waals surface area contributed by atoms with Crippen molar-refractivity contribution in [3.05, 3.63) is 93.7 Å². The van der Waals surface area contributed by atoms with Crippen molar-refractivity contribution in [2.24, 2.45) is 0 Å². The summed E-state index contributed by atoms with van der Waals surface area (Å²) < 4.78 is 56.3. The van der Waals surface area contributed by atoms with Crippen LogP contribution in [0.3, 0.4) is 0 Å². The van der Waals surface area contributed by atoms with E-state index in [9.17, 15) is 17.2 Å². The van der Waals surface area contributed by atoms with E-state index in [0.29, 0.717) is 15.7 Å². The monoisotopic (exact) mass is 466 g/mol. The van der Waals surface area contributed by atoms with Gasteiger partial charge in [0.15, 0.2) is 0 Å². The van der Waals surface area contributed by atoms with E-state index in [-0.39, 0.29) is 23.5 Å². The Morgan fingerprint density at radius 2 is 1.82 bits per heavy atom. The summed E-state index contributed by atoms with van der Waals surface area (Å²) in [6.07, 6.45) is 1.55. The number of benzene rings is 2. The fraction of sp³-hybridized carbons (Fsp3) is 0.150. The molecule has 1 aromatic heterocycles. The van der Waals surface area contributed by atoms with Gasteiger partial charge in [0.2, 0.25) is 10.0 Å².